The van der Waals surface area contributed by atoms with Crippen LogP contribution in [0.15, 0.2) is 0 Å². The first kappa shape index (κ1) is 10.5. The molecule has 84 valence electrons. The molecule has 0 radical (unpaired) electrons. The molecule has 0 aliphatic heterocycles. The molecule has 0 amide bonds. The molecular formula is C10H19N5. The van der Waals surface area contributed by atoms with Gasteiger partial charge in [0.25, 0.3) is 0 Å². The zero-order valence-corrected chi connectivity index (χ0v) is 9.59. The Morgan fingerprint density at radius 2 is 2.13 bits per heavy atom. The van der Waals surface area contributed by atoms with Crippen molar-refractivity contribution in [2.45, 2.75) is 45.7 Å². The quantitative estimate of drug-likeness (QED) is 0.797. The number of hydrogen-bond acceptors (Lipinski definition) is 4. The first-order valence-electron chi connectivity index (χ1n) is 5.64. The molecule has 0 bridgehead atoms. The van der Waals surface area contributed by atoms with Crippen LogP contribution < -0.4 is 5.73 Å². The molecule has 4 unspecified atom stereocenters. The minimum Gasteiger partial charge on any atom is -0.322 e. The zero-order valence-electron chi connectivity index (χ0n) is 9.59. The minimum absolute atomic E-state index is 0.0943. The fourth-order valence-electron chi connectivity index (χ4n) is 2.42. The summed E-state index contributed by atoms with van der Waals surface area (Å²) in [5.74, 6) is 2.19. The second-order valence-electron chi connectivity index (χ2n) is 4.75. The molecule has 1 saturated carbocycles. The van der Waals surface area contributed by atoms with Crippen molar-refractivity contribution in [1.82, 2.24) is 20.2 Å². The van der Waals surface area contributed by atoms with E-state index in [1.54, 1.807) is 0 Å². The van der Waals surface area contributed by atoms with E-state index < -0.39 is 0 Å². The van der Waals surface area contributed by atoms with Gasteiger partial charge in [0.1, 0.15) is 0 Å². The molecule has 0 aromatic carbocycles. The van der Waals surface area contributed by atoms with Crippen LogP contribution in [0.4, 0.5) is 0 Å². The summed E-state index contributed by atoms with van der Waals surface area (Å²) in [6.07, 6.45) is 2.41. The molecule has 5 nitrogen and oxygen atoms in total. The smallest absolute Gasteiger partial charge is 0.167 e. The van der Waals surface area contributed by atoms with Gasteiger partial charge in [0.05, 0.1) is 12.1 Å². The molecule has 1 aromatic rings. The van der Waals surface area contributed by atoms with Gasteiger partial charge in [0.2, 0.25) is 0 Å². The van der Waals surface area contributed by atoms with E-state index in [0.29, 0.717) is 12.0 Å². The summed E-state index contributed by atoms with van der Waals surface area (Å²) in [6, 6.07) is 0.333. The summed E-state index contributed by atoms with van der Waals surface area (Å²) >= 11 is 0. The lowest BCUT2D eigenvalue weighted by molar-refractivity contribution is 0.315. The summed E-state index contributed by atoms with van der Waals surface area (Å²) in [5, 5.41) is 11.8. The van der Waals surface area contributed by atoms with Crippen LogP contribution in [-0.2, 0) is 0 Å². The van der Waals surface area contributed by atoms with Gasteiger partial charge >= 0.3 is 0 Å². The van der Waals surface area contributed by atoms with Crippen LogP contribution in [0.3, 0.4) is 0 Å². The van der Waals surface area contributed by atoms with Crippen LogP contribution >= 0.6 is 0 Å². The predicted molar refractivity (Wildman–Crippen MR) is 57.0 cm³/mol. The number of rotatable bonds is 2. The minimum atomic E-state index is -0.0943. The maximum Gasteiger partial charge on any atom is 0.167 e. The van der Waals surface area contributed by atoms with Crippen molar-refractivity contribution in [3.63, 3.8) is 0 Å². The van der Waals surface area contributed by atoms with Crippen LogP contribution in [-0.4, -0.2) is 20.2 Å². The molecule has 15 heavy (non-hydrogen) atoms. The maximum atomic E-state index is 5.84. The molecule has 1 heterocycles. The molecule has 1 aromatic heterocycles. The molecule has 0 saturated heterocycles. The van der Waals surface area contributed by atoms with Gasteiger partial charge in [-0.15, -0.1) is 5.10 Å². The van der Waals surface area contributed by atoms with Gasteiger partial charge in [-0.2, -0.15) is 0 Å². The van der Waals surface area contributed by atoms with E-state index in [2.05, 4.69) is 29.4 Å². The van der Waals surface area contributed by atoms with E-state index in [9.17, 15) is 0 Å². The number of aromatic nitrogens is 4. The van der Waals surface area contributed by atoms with Crippen LogP contribution in [0.2, 0.25) is 0 Å². The summed E-state index contributed by atoms with van der Waals surface area (Å²) < 4.78 is 1.93. The average Bonchev–Trinajstić information content (AvgIpc) is 2.75. The molecule has 1 fully saturated rings. The number of nitrogens with two attached hydrogens (primary N) is 1. The van der Waals surface area contributed by atoms with Gasteiger partial charge < -0.3 is 5.73 Å². The van der Waals surface area contributed by atoms with Gasteiger partial charge in [-0.25, -0.2) is 4.68 Å². The van der Waals surface area contributed by atoms with E-state index in [4.69, 9.17) is 5.73 Å². The summed E-state index contributed by atoms with van der Waals surface area (Å²) in [6.45, 7) is 6.49. The van der Waals surface area contributed by atoms with Gasteiger partial charge in [-0.3, -0.25) is 0 Å². The maximum absolute atomic E-state index is 5.84. The Morgan fingerprint density at radius 3 is 2.67 bits per heavy atom. The second kappa shape index (κ2) is 3.89. The Balaban J connectivity index is 2.26. The molecule has 1 aliphatic carbocycles. The topological polar surface area (TPSA) is 69.6 Å². The molecule has 0 spiro atoms. The van der Waals surface area contributed by atoms with Crippen molar-refractivity contribution in [3.05, 3.63) is 5.82 Å². The van der Waals surface area contributed by atoms with Gasteiger partial charge in [0.15, 0.2) is 5.82 Å². The first-order valence-corrected chi connectivity index (χ1v) is 5.64. The normalized spacial score (nSPS) is 33.2. The van der Waals surface area contributed by atoms with Crippen LogP contribution in [0.5, 0.6) is 0 Å². The Morgan fingerprint density at radius 1 is 1.40 bits per heavy atom. The van der Waals surface area contributed by atoms with E-state index in [-0.39, 0.29) is 6.04 Å². The number of tetrazole rings is 1. The van der Waals surface area contributed by atoms with Crippen molar-refractivity contribution >= 4 is 0 Å². The van der Waals surface area contributed by atoms with E-state index in [1.807, 2.05) is 11.6 Å². The summed E-state index contributed by atoms with van der Waals surface area (Å²) in [7, 11) is 0. The predicted octanol–water partition coefficient (Wildman–Crippen LogP) is 1.30. The number of nitrogens with zero attached hydrogens (tertiary/aromatic N) is 4. The highest BCUT2D eigenvalue weighted by Gasteiger charge is 2.33. The van der Waals surface area contributed by atoms with Crippen molar-refractivity contribution in [2.75, 3.05) is 0 Å². The molecule has 4 atom stereocenters. The third kappa shape index (κ3) is 1.76. The Hall–Kier alpha value is -0.970. The van der Waals surface area contributed by atoms with E-state index in [1.165, 1.54) is 6.42 Å². The summed E-state index contributed by atoms with van der Waals surface area (Å²) in [5.41, 5.74) is 5.84. The molecule has 2 N–H and O–H groups in total. The second-order valence-corrected chi connectivity index (χ2v) is 4.75. The van der Waals surface area contributed by atoms with Crippen molar-refractivity contribution in [3.8, 4) is 0 Å². The standard InChI is InChI=1S/C10H19N5/c1-6-4-5-9(7(6)2)15-10(8(3)11)12-13-14-15/h6-9H,4-5,11H2,1-3H3. The molecule has 1 aliphatic rings. The summed E-state index contributed by atoms with van der Waals surface area (Å²) in [4.78, 5) is 0. The Kier molecular flexibility index (Phi) is 2.73. The van der Waals surface area contributed by atoms with Crippen molar-refractivity contribution in [1.29, 1.82) is 0 Å². The van der Waals surface area contributed by atoms with Crippen LogP contribution in [0, 0.1) is 11.8 Å². The third-order valence-electron chi connectivity index (χ3n) is 3.66. The van der Waals surface area contributed by atoms with Crippen molar-refractivity contribution < 1.29 is 0 Å². The largest absolute Gasteiger partial charge is 0.322 e. The van der Waals surface area contributed by atoms with E-state index in [0.717, 1.165) is 18.2 Å². The molecule has 2 rings (SSSR count). The first-order chi connectivity index (χ1) is 7.11. The molecular weight excluding hydrogens is 190 g/mol. The highest BCUT2D eigenvalue weighted by atomic mass is 15.6. The van der Waals surface area contributed by atoms with Gasteiger partial charge in [-0.1, -0.05) is 13.8 Å². The Bertz CT molecular complexity index is 332. The lowest BCUT2D eigenvalue weighted by Crippen LogP contribution is -2.21. The van der Waals surface area contributed by atoms with Gasteiger partial charge in [0, 0.05) is 0 Å². The van der Waals surface area contributed by atoms with Gasteiger partial charge in [-0.05, 0) is 42.0 Å². The monoisotopic (exact) mass is 209 g/mol. The molecule has 5 heteroatoms. The lowest BCUT2D eigenvalue weighted by atomic mass is 9.98. The fraction of sp³-hybridized carbons (Fsp3) is 0.900. The lowest BCUT2D eigenvalue weighted by Gasteiger charge is -2.19. The van der Waals surface area contributed by atoms with E-state index >= 15 is 0 Å². The SMILES string of the molecule is CC(N)c1nnnn1C1CCC(C)C1C. The zero-order chi connectivity index (χ0) is 11.0. The fourth-order valence-corrected chi connectivity index (χ4v) is 2.42. The highest BCUT2D eigenvalue weighted by Crippen LogP contribution is 2.39. The Labute approximate surface area is 90.0 Å². The average molecular weight is 209 g/mol. The number of hydrogen-bond donors (Lipinski definition) is 1. The van der Waals surface area contributed by atoms with Crippen LogP contribution in [0.1, 0.15) is 51.5 Å². The highest BCUT2D eigenvalue weighted by molar-refractivity contribution is 4.94. The van der Waals surface area contributed by atoms with Crippen LogP contribution in [0.25, 0.3) is 0 Å². The third-order valence-corrected chi connectivity index (χ3v) is 3.66. The van der Waals surface area contributed by atoms with Crippen molar-refractivity contribution in [2.24, 2.45) is 17.6 Å².